The van der Waals surface area contributed by atoms with Crippen molar-refractivity contribution in [1.82, 2.24) is 4.98 Å². The molecule has 0 bridgehead atoms. The van der Waals surface area contributed by atoms with Crippen LogP contribution in [0.2, 0.25) is 0 Å². The molecular weight excluding hydrogens is 284 g/mol. The third-order valence-electron chi connectivity index (χ3n) is 2.91. The minimum absolute atomic E-state index is 0.0612. The van der Waals surface area contributed by atoms with Gasteiger partial charge in [-0.1, -0.05) is 0 Å². The predicted octanol–water partition coefficient (Wildman–Crippen LogP) is 3.52. The van der Waals surface area contributed by atoms with Crippen LogP contribution in [0.25, 0.3) is 0 Å². The normalized spacial score (nSPS) is 11.8. The molecule has 0 fully saturated rings. The zero-order chi connectivity index (χ0) is 15.2. The van der Waals surface area contributed by atoms with E-state index in [-0.39, 0.29) is 11.2 Å². The van der Waals surface area contributed by atoms with Crippen LogP contribution < -0.4 is 10.1 Å². The monoisotopic (exact) mass is 302 g/mol. The molecule has 5 heteroatoms. The fourth-order valence-corrected chi connectivity index (χ4v) is 2.61. The Morgan fingerprint density at radius 1 is 1.29 bits per heavy atom. The molecule has 0 aliphatic carbocycles. The van der Waals surface area contributed by atoms with Gasteiger partial charge in [0.25, 0.3) is 0 Å². The summed E-state index contributed by atoms with van der Waals surface area (Å²) in [6.07, 6.45) is 1.69. The first-order valence-electron chi connectivity index (χ1n) is 6.62. The van der Waals surface area contributed by atoms with Crippen molar-refractivity contribution in [2.45, 2.75) is 24.0 Å². The molecule has 0 saturated heterocycles. The molecule has 0 aliphatic heterocycles. The lowest BCUT2D eigenvalue weighted by Crippen LogP contribution is -2.22. The standard InChI is InChI=1S/C16H18N2O2S/c1-11-8-9-17-15(10-11)18-16(19)12(2)21-14-6-4-13(20-3)5-7-14/h4-10,12H,1-3H3,(H,17,18,19). The number of ether oxygens (including phenoxy) is 1. The summed E-state index contributed by atoms with van der Waals surface area (Å²) in [5.74, 6) is 1.33. The number of benzene rings is 1. The summed E-state index contributed by atoms with van der Waals surface area (Å²) in [4.78, 5) is 17.3. The molecule has 0 aliphatic rings. The molecule has 2 aromatic rings. The first-order valence-corrected chi connectivity index (χ1v) is 7.50. The van der Waals surface area contributed by atoms with Crippen LogP contribution >= 0.6 is 11.8 Å². The Balaban J connectivity index is 1.95. The Kier molecular flexibility index (Phi) is 5.22. The van der Waals surface area contributed by atoms with E-state index in [2.05, 4.69) is 10.3 Å². The van der Waals surface area contributed by atoms with Gasteiger partial charge in [0.1, 0.15) is 11.6 Å². The summed E-state index contributed by atoms with van der Waals surface area (Å²) in [5, 5.41) is 2.62. The number of aryl methyl sites for hydroxylation is 1. The average molecular weight is 302 g/mol. The van der Waals surface area contributed by atoms with Gasteiger partial charge in [-0.3, -0.25) is 4.79 Å². The molecule has 0 saturated carbocycles. The molecule has 1 aromatic heterocycles. The number of aromatic nitrogens is 1. The van der Waals surface area contributed by atoms with Gasteiger partial charge in [-0.05, 0) is 55.8 Å². The summed E-state index contributed by atoms with van der Waals surface area (Å²) >= 11 is 1.50. The van der Waals surface area contributed by atoms with E-state index in [0.29, 0.717) is 5.82 Å². The highest BCUT2D eigenvalue weighted by Gasteiger charge is 2.15. The van der Waals surface area contributed by atoms with Crippen molar-refractivity contribution < 1.29 is 9.53 Å². The fraction of sp³-hybridized carbons (Fsp3) is 0.250. The Hall–Kier alpha value is -2.01. The topological polar surface area (TPSA) is 51.2 Å². The van der Waals surface area contributed by atoms with Crippen LogP contribution in [0.5, 0.6) is 5.75 Å². The Labute approximate surface area is 128 Å². The zero-order valence-corrected chi connectivity index (χ0v) is 13.1. The molecule has 0 spiro atoms. The zero-order valence-electron chi connectivity index (χ0n) is 12.3. The van der Waals surface area contributed by atoms with Crippen LogP contribution in [0.15, 0.2) is 47.5 Å². The lowest BCUT2D eigenvalue weighted by atomic mass is 10.3. The molecule has 21 heavy (non-hydrogen) atoms. The van der Waals surface area contributed by atoms with Crippen molar-refractivity contribution in [1.29, 1.82) is 0 Å². The number of amides is 1. The second-order valence-corrected chi connectivity index (χ2v) is 6.06. The van der Waals surface area contributed by atoms with Gasteiger partial charge in [-0.15, -0.1) is 11.8 Å². The molecule has 1 atom stereocenters. The van der Waals surface area contributed by atoms with Gasteiger partial charge in [0.05, 0.1) is 12.4 Å². The second-order valence-electron chi connectivity index (χ2n) is 4.64. The quantitative estimate of drug-likeness (QED) is 0.859. The maximum Gasteiger partial charge on any atom is 0.238 e. The number of methoxy groups -OCH3 is 1. The number of nitrogens with one attached hydrogen (secondary N) is 1. The highest BCUT2D eigenvalue weighted by Crippen LogP contribution is 2.26. The largest absolute Gasteiger partial charge is 0.497 e. The maximum atomic E-state index is 12.2. The smallest absolute Gasteiger partial charge is 0.238 e. The van der Waals surface area contributed by atoms with Crippen LogP contribution in [0, 0.1) is 6.92 Å². The summed E-state index contributed by atoms with van der Waals surface area (Å²) in [6, 6.07) is 11.4. The van der Waals surface area contributed by atoms with Crippen molar-refractivity contribution >= 4 is 23.5 Å². The molecule has 110 valence electrons. The lowest BCUT2D eigenvalue weighted by Gasteiger charge is -2.12. The van der Waals surface area contributed by atoms with E-state index in [0.717, 1.165) is 16.2 Å². The molecule has 1 amide bonds. The summed E-state index contributed by atoms with van der Waals surface area (Å²) in [5.41, 5.74) is 1.07. The van der Waals surface area contributed by atoms with Crippen LogP contribution in [0.3, 0.4) is 0 Å². The first-order chi connectivity index (χ1) is 10.1. The number of nitrogens with zero attached hydrogens (tertiary/aromatic N) is 1. The number of thioether (sulfide) groups is 1. The minimum Gasteiger partial charge on any atom is -0.497 e. The Morgan fingerprint density at radius 2 is 2.00 bits per heavy atom. The van der Waals surface area contributed by atoms with Crippen molar-refractivity contribution in [3.8, 4) is 5.75 Å². The van der Waals surface area contributed by atoms with Crippen LogP contribution in [0.4, 0.5) is 5.82 Å². The molecule has 1 unspecified atom stereocenters. The predicted molar refractivity (Wildman–Crippen MR) is 85.9 cm³/mol. The second kappa shape index (κ2) is 7.13. The molecule has 4 nitrogen and oxygen atoms in total. The van der Waals surface area contributed by atoms with Crippen LogP contribution in [0.1, 0.15) is 12.5 Å². The van der Waals surface area contributed by atoms with E-state index in [1.165, 1.54) is 11.8 Å². The van der Waals surface area contributed by atoms with E-state index in [1.54, 1.807) is 13.3 Å². The number of anilines is 1. The molecule has 1 heterocycles. The number of carbonyl (C=O) groups is 1. The van der Waals surface area contributed by atoms with Crippen LogP contribution in [-0.4, -0.2) is 23.3 Å². The minimum atomic E-state index is -0.208. The van der Waals surface area contributed by atoms with Gasteiger partial charge in [0, 0.05) is 11.1 Å². The van der Waals surface area contributed by atoms with Crippen LogP contribution in [-0.2, 0) is 4.79 Å². The fourth-order valence-electron chi connectivity index (χ4n) is 1.74. The molecule has 0 radical (unpaired) electrons. The molecule has 1 aromatic carbocycles. The van der Waals surface area contributed by atoms with Gasteiger partial charge in [0.15, 0.2) is 0 Å². The number of rotatable bonds is 5. The van der Waals surface area contributed by atoms with Gasteiger partial charge in [0.2, 0.25) is 5.91 Å². The van der Waals surface area contributed by atoms with E-state index in [9.17, 15) is 4.79 Å². The van der Waals surface area contributed by atoms with Gasteiger partial charge in [-0.2, -0.15) is 0 Å². The van der Waals surface area contributed by atoms with Gasteiger partial charge in [-0.25, -0.2) is 4.98 Å². The maximum absolute atomic E-state index is 12.2. The van der Waals surface area contributed by atoms with E-state index < -0.39 is 0 Å². The average Bonchev–Trinajstić information content (AvgIpc) is 2.48. The van der Waals surface area contributed by atoms with E-state index in [1.807, 2.05) is 50.2 Å². The number of hydrogen-bond acceptors (Lipinski definition) is 4. The Bertz CT molecular complexity index is 614. The number of carbonyl (C=O) groups excluding carboxylic acids is 1. The van der Waals surface area contributed by atoms with Crippen molar-refractivity contribution in [3.05, 3.63) is 48.2 Å². The van der Waals surface area contributed by atoms with Gasteiger partial charge < -0.3 is 10.1 Å². The van der Waals surface area contributed by atoms with E-state index in [4.69, 9.17) is 4.74 Å². The first kappa shape index (κ1) is 15.4. The molecular formula is C16H18N2O2S. The van der Waals surface area contributed by atoms with Crippen molar-refractivity contribution in [3.63, 3.8) is 0 Å². The summed E-state index contributed by atoms with van der Waals surface area (Å²) in [6.45, 7) is 3.84. The third kappa shape index (κ3) is 4.49. The summed E-state index contributed by atoms with van der Waals surface area (Å²) < 4.78 is 5.11. The van der Waals surface area contributed by atoms with Crippen molar-refractivity contribution in [2.24, 2.45) is 0 Å². The SMILES string of the molecule is COc1ccc(SC(C)C(=O)Nc2cc(C)ccn2)cc1. The summed E-state index contributed by atoms with van der Waals surface area (Å²) in [7, 11) is 1.63. The lowest BCUT2D eigenvalue weighted by molar-refractivity contribution is -0.115. The van der Waals surface area contributed by atoms with Gasteiger partial charge >= 0.3 is 0 Å². The number of pyridine rings is 1. The number of hydrogen-bond donors (Lipinski definition) is 1. The molecule has 1 N–H and O–H groups in total. The van der Waals surface area contributed by atoms with E-state index >= 15 is 0 Å². The Morgan fingerprint density at radius 3 is 2.62 bits per heavy atom. The third-order valence-corrected chi connectivity index (χ3v) is 4.02. The highest BCUT2D eigenvalue weighted by atomic mass is 32.2. The highest BCUT2D eigenvalue weighted by molar-refractivity contribution is 8.00. The van der Waals surface area contributed by atoms with Crippen molar-refractivity contribution in [2.75, 3.05) is 12.4 Å². The molecule has 2 rings (SSSR count).